The molecular weight excluding hydrogens is 536 g/mol. The van der Waals surface area contributed by atoms with Gasteiger partial charge in [0.15, 0.2) is 0 Å². The standard InChI is InChI=1S/C28H32N6O5.ClH/c1-17(2)23(29)24(35)32-13-11-28(12-14-32)25(36)31(3)26(37)33(28)19-9-10-22-20(16-19)21(30-34(22)27(38)39)15-18-7-5-4-6-8-18;/h4-10,16-17,23H,11-15,29H2,1-3H3,(H,38,39);1H. The van der Waals surface area contributed by atoms with Crippen molar-refractivity contribution in [1.29, 1.82) is 0 Å². The van der Waals surface area contributed by atoms with Crippen LogP contribution in [-0.4, -0.2) is 80.3 Å². The number of nitrogens with two attached hydrogens (primary N) is 1. The summed E-state index contributed by atoms with van der Waals surface area (Å²) in [5.74, 6) is -0.502. The van der Waals surface area contributed by atoms with Gasteiger partial charge in [-0.1, -0.05) is 44.2 Å². The Balaban J connectivity index is 0.00000370. The number of carbonyl (C=O) groups is 4. The van der Waals surface area contributed by atoms with Crippen molar-refractivity contribution in [3.63, 3.8) is 0 Å². The molecule has 3 heterocycles. The summed E-state index contributed by atoms with van der Waals surface area (Å²) in [6.45, 7) is 4.36. The number of hydrogen-bond donors (Lipinski definition) is 2. The summed E-state index contributed by atoms with van der Waals surface area (Å²) in [5, 5.41) is 14.7. The number of likely N-dealkylation sites (N-methyl/N-ethyl adjacent to an activating group) is 1. The largest absolute Gasteiger partial charge is 0.463 e. The van der Waals surface area contributed by atoms with Gasteiger partial charge in [-0.15, -0.1) is 12.4 Å². The van der Waals surface area contributed by atoms with Crippen LogP contribution >= 0.6 is 12.4 Å². The zero-order valence-electron chi connectivity index (χ0n) is 22.6. The minimum atomic E-state index is -1.22. The minimum Gasteiger partial charge on any atom is -0.463 e. The zero-order chi connectivity index (χ0) is 28.1. The molecule has 1 atom stereocenters. The molecule has 3 aromatic rings. The first-order chi connectivity index (χ1) is 18.5. The van der Waals surface area contributed by atoms with Crippen molar-refractivity contribution < 1.29 is 24.3 Å². The van der Waals surface area contributed by atoms with Crippen molar-refractivity contribution in [3.05, 3.63) is 59.8 Å². The Labute approximate surface area is 237 Å². The molecule has 2 saturated heterocycles. The van der Waals surface area contributed by atoms with Gasteiger partial charge in [0.25, 0.3) is 5.91 Å². The fourth-order valence-corrected chi connectivity index (χ4v) is 5.59. The lowest BCUT2D eigenvalue weighted by molar-refractivity contribution is -0.139. The SMILES string of the molecule is CC(C)C(N)C(=O)N1CCC2(CC1)C(=O)N(C)C(=O)N2c1ccc2c(c1)c(Cc1ccccc1)nn2C(=O)O.Cl. The van der Waals surface area contributed by atoms with E-state index in [9.17, 15) is 24.3 Å². The first-order valence-electron chi connectivity index (χ1n) is 13.0. The highest BCUT2D eigenvalue weighted by atomic mass is 35.5. The third-order valence-electron chi connectivity index (χ3n) is 7.91. The number of benzene rings is 2. The molecule has 0 bridgehead atoms. The highest BCUT2D eigenvalue weighted by Gasteiger charge is 2.58. The van der Waals surface area contributed by atoms with Crippen LogP contribution in [0, 0.1) is 5.92 Å². The Hall–Kier alpha value is -3.96. The van der Waals surface area contributed by atoms with Gasteiger partial charge in [0.05, 0.1) is 17.3 Å². The summed E-state index contributed by atoms with van der Waals surface area (Å²) in [5.41, 5.74) is 7.31. The maximum Gasteiger partial charge on any atom is 0.432 e. The summed E-state index contributed by atoms with van der Waals surface area (Å²) >= 11 is 0. The van der Waals surface area contributed by atoms with Gasteiger partial charge in [-0.2, -0.15) is 9.78 Å². The molecule has 3 N–H and O–H groups in total. The van der Waals surface area contributed by atoms with Gasteiger partial charge in [-0.25, -0.2) is 9.59 Å². The van der Waals surface area contributed by atoms with E-state index in [0.717, 1.165) is 15.1 Å². The van der Waals surface area contributed by atoms with E-state index in [0.29, 0.717) is 41.8 Å². The summed E-state index contributed by atoms with van der Waals surface area (Å²) in [4.78, 5) is 56.0. The summed E-state index contributed by atoms with van der Waals surface area (Å²) < 4.78 is 0.929. The number of amides is 4. The van der Waals surface area contributed by atoms with Crippen molar-refractivity contribution in [2.75, 3.05) is 25.0 Å². The van der Waals surface area contributed by atoms with Gasteiger partial charge < -0.3 is 15.7 Å². The number of piperidine rings is 1. The highest BCUT2D eigenvalue weighted by Crippen LogP contribution is 2.41. The highest BCUT2D eigenvalue weighted by molar-refractivity contribution is 6.17. The molecule has 2 aliphatic heterocycles. The van der Waals surface area contributed by atoms with E-state index >= 15 is 0 Å². The van der Waals surface area contributed by atoms with Gasteiger partial charge in [-0.3, -0.25) is 19.4 Å². The molecule has 1 aromatic heterocycles. The number of halogens is 1. The van der Waals surface area contributed by atoms with Crippen LogP contribution in [-0.2, 0) is 16.0 Å². The summed E-state index contributed by atoms with van der Waals surface area (Å²) in [6.07, 6.45) is -0.289. The number of carboxylic acid groups (broad SMARTS) is 1. The second kappa shape index (κ2) is 10.9. The van der Waals surface area contributed by atoms with Gasteiger partial charge in [0.2, 0.25) is 5.91 Å². The molecule has 11 nitrogen and oxygen atoms in total. The number of carbonyl (C=O) groups excluding carboxylic acids is 3. The van der Waals surface area contributed by atoms with Crippen molar-refractivity contribution in [3.8, 4) is 0 Å². The van der Waals surface area contributed by atoms with Crippen LogP contribution in [0.25, 0.3) is 10.9 Å². The lowest BCUT2D eigenvalue weighted by atomic mass is 9.85. The van der Waals surface area contributed by atoms with Crippen LogP contribution in [0.3, 0.4) is 0 Å². The molecule has 212 valence electrons. The molecule has 1 unspecified atom stereocenters. The van der Waals surface area contributed by atoms with E-state index in [4.69, 9.17) is 5.73 Å². The normalized spacial score (nSPS) is 17.6. The number of urea groups is 1. The molecule has 4 amide bonds. The van der Waals surface area contributed by atoms with E-state index in [2.05, 4.69) is 5.10 Å². The van der Waals surface area contributed by atoms with E-state index < -0.39 is 23.7 Å². The van der Waals surface area contributed by atoms with E-state index in [1.54, 1.807) is 23.1 Å². The number of likely N-dealkylation sites (tertiary alicyclic amines) is 1. The minimum absolute atomic E-state index is 0. The second-order valence-corrected chi connectivity index (χ2v) is 10.6. The maximum absolute atomic E-state index is 13.5. The van der Waals surface area contributed by atoms with Gasteiger partial charge >= 0.3 is 12.1 Å². The maximum atomic E-state index is 13.5. The molecule has 2 aliphatic rings. The van der Waals surface area contributed by atoms with Crippen molar-refractivity contribution >= 4 is 52.9 Å². The predicted molar refractivity (Wildman–Crippen MR) is 152 cm³/mol. The van der Waals surface area contributed by atoms with Crippen LogP contribution < -0.4 is 10.6 Å². The molecule has 1 spiro atoms. The molecule has 0 radical (unpaired) electrons. The third kappa shape index (κ3) is 4.69. The van der Waals surface area contributed by atoms with Crippen molar-refractivity contribution in [1.82, 2.24) is 19.6 Å². The monoisotopic (exact) mass is 568 g/mol. The van der Waals surface area contributed by atoms with Gasteiger partial charge in [0, 0.05) is 37.6 Å². The zero-order valence-corrected chi connectivity index (χ0v) is 23.4. The van der Waals surface area contributed by atoms with Crippen LogP contribution in [0.2, 0.25) is 0 Å². The molecule has 2 fully saturated rings. The quantitative estimate of drug-likeness (QED) is 0.450. The van der Waals surface area contributed by atoms with Crippen molar-refractivity contribution in [2.24, 2.45) is 11.7 Å². The Morgan fingerprint density at radius 2 is 1.73 bits per heavy atom. The molecule has 5 rings (SSSR count). The fraction of sp³-hybridized carbons (Fsp3) is 0.393. The molecule has 40 heavy (non-hydrogen) atoms. The van der Waals surface area contributed by atoms with Crippen LogP contribution in [0.4, 0.5) is 15.3 Å². The van der Waals surface area contributed by atoms with Gasteiger partial charge in [-0.05, 0) is 42.5 Å². The molecule has 0 aliphatic carbocycles. The Morgan fingerprint density at radius 1 is 1.07 bits per heavy atom. The number of rotatable bonds is 5. The molecule has 0 saturated carbocycles. The Kier molecular flexibility index (Phi) is 7.91. The number of hydrogen-bond acceptors (Lipinski definition) is 6. The summed E-state index contributed by atoms with van der Waals surface area (Å²) in [6, 6.07) is 13.5. The number of imide groups is 1. The van der Waals surface area contributed by atoms with Crippen molar-refractivity contribution in [2.45, 2.75) is 44.7 Å². The van der Waals surface area contributed by atoms with Gasteiger partial charge in [0.1, 0.15) is 5.54 Å². The van der Waals surface area contributed by atoms with E-state index in [1.807, 2.05) is 44.2 Å². The molecule has 12 heteroatoms. The van der Waals surface area contributed by atoms with E-state index in [1.165, 1.54) is 11.9 Å². The topological polar surface area (TPSA) is 142 Å². The number of anilines is 1. The smallest absolute Gasteiger partial charge is 0.432 e. The second-order valence-electron chi connectivity index (χ2n) is 10.6. The average molecular weight is 569 g/mol. The first-order valence-corrected chi connectivity index (χ1v) is 13.0. The Bertz CT molecular complexity index is 1460. The van der Waals surface area contributed by atoms with E-state index in [-0.39, 0.29) is 43.0 Å². The fourth-order valence-electron chi connectivity index (χ4n) is 5.59. The lowest BCUT2D eigenvalue weighted by Gasteiger charge is -2.42. The molecule has 2 aromatic carbocycles. The van der Waals surface area contributed by atoms with Crippen LogP contribution in [0.15, 0.2) is 48.5 Å². The Morgan fingerprint density at radius 3 is 2.33 bits per heavy atom. The van der Waals surface area contributed by atoms with Crippen LogP contribution in [0.1, 0.15) is 37.9 Å². The number of aromatic nitrogens is 2. The summed E-state index contributed by atoms with van der Waals surface area (Å²) in [7, 11) is 1.46. The first kappa shape index (κ1) is 29.0. The van der Waals surface area contributed by atoms with Crippen LogP contribution in [0.5, 0.6) is 0 Å². The number of nitrogens with zero attached hydrogens (tertiary/aromatic N) is 5. The lowest BCUT2D eigenvalue weighted by Crippen LogP contribution is -2.59. The average Bonchev–Trinajstić information content (AvgIpc) is 3.37. The number of fused-ring (bicyclic) bond motifs is 1. The third-order valence-corrected chi connectivity index (χ3v) is 7.91. The molecular formula is C28H33ClN6O5. The predicted octanol–water partition coefficient (Wildman–Crippen LogP) is 3.32.